The number of hydrogen-bond donors (Lipinski definition) is 0. The molecule has 0 aromatic heterocycles. The van der Waals surface area contributed by atoms with Gasteiger partial charge in [-0.05, 0) is 111 Å². The van der Waals surface area contributed by atoms with Gasteiger partial charge in [-0.1, -0.05) is 39.8 Å². The Balaban J connectivity index is 0.789. The van der Waals surface area contributed by atoms with E-state index in [1.165, 1.54) is 4.90 Å². The molecule has 3 aromatic rings. The number of carbonyl (C=O) groups is 4. The highest BCUT2D eigenvalue weighted by Crippen LogP contribution is 2.61. The van der Waals surface area contributed by atoms with Gasteiger partial charge in [-0.15, -0.1) is 0 Å². The predicted molar refractivity (Wildman–Crippen MR) is 229 cm³/mol. The fraction of sp³-hybridized carbons (Fsp3) is 0.490. The van der Waals surface area contributed by atoms with Crippen molar-refractivity contribution in [3.05, 3.63) is 101 Å². The van der Waals surface area contributed by atoms with Gasteiger partial charge in [0.25, 0.3) is 11.8 Å². The van der Waals surface area contributed by atoms with Crippen molar-refractivity contribution < 1.29 is 23.9 Å². The summed E-state index contributed by atoms with van der Waals surface area (Å²) in [7, 11) is 0. The van der Waals surface area contributed by atoms with Gasteiger partial charge in [-0.25, -0.2) is 0 Å². The molecule has 0 spiro atoms. The van der Waals surface area contributed by atoms with Crippen LogP contribution in [0.4, 0.5) is 11.4 Å². The minimum absolute atomic E-state index is 0.0531. The molecule has 1 atom stereocenters. The quantitative estimate of drug-likeness (QED) is 0.115. The second kappa shape index (κ2) is 15.7. The number of nitriles is 1. The predicted octanol–water partition coefficient (Wildman–Crippen LogP) is 7.88. The number of nitrogens with zero attached hydrogens (tertiary/aromatic N) is 5. The van der Waals surface area contributed by atoms with Crippen LogP contribution in [0.2, 0.25) is 0 Å². The van der Waals surface area contributed by atoms with Gasteiger partial charge in [0.15, 0.2) is 11.6 Å². The van der Waals surface area contributed by atoms with Gasteiger partial charge < -0.3 is 14.5 Å². The summed E-state index contributed by atoms with van der Waals surface area (Å²) in [6.07, 6.45) is 3.98. The van der Waals surface area contributed by atoms with Crippen LogP contribution in [0.1, 0.15) is 108 Å². The number of Topliss-reactive ketones (excluding diaryl/α,β-unsaturated/α-hetero) is 2. The van der Waals surface area contributed by atoms with E-state index in [9.17, 15) is 24.4 Å². The molecule has 5 aliphatic rings. The van der Waals surface area contributed by atoms with Crippen LogP contribution in [0.15, 0.2) is 72.8 Å². The maximum Gasteiger partial charge on any atom is 0.262 e. The number of rotatable bonds is 10. The van der Waals surface area contributed by atoms with Gasteiger partial charge in [0.1, 0.15) is 11.9 Å². The molecule has 8 rings (SSSR count). The largest absolute Gasteiger partial charge is 0.489 e. The molecule has 4 fully saturated rings. The number of carbonyl (C=O) groups excluding carboxylic acids is 4. The third-order valence-corrected chi connectivity index (χ3v) is 14.3. The Morgan fingerprint density at radius 3 is 2.10 bits per heavy atom. The first-order valence-electron chi connectivity index (χ1n) is 21.4. The zero-order valence-electron chi connectivity index (χ0n) is 35.3. The van der Waals surface area contributed by atoms with Crippen LogP contribution in [0.25, 0.3) is 0 Å². The lowest BCUT2D eigenvalue weighted by molar-refractivity contribution is -0.196. The van der Waals surface area contributed by atoms with E-state index >= 15 is 0 Å². The molecule has 2 saturated carbocycles. The van der Waals surface area contributed by atoms with Crippen molar-refractivity contribution in [1.82, 2.24) is 9.80 Å². The normalized spacial score (nSPS) is 24.5. The molecule has 3 heterocycles. The van der Waals surface area contributed by atoms with Crippen LogP contribution in [0.3, 0.4) is 0 Å². The first-order chi connectivity index (χ1) is 28.1. The van der Waals surface area contributed by atoms with E-state index in [0.29, 0.717) is 41.9 Å². The van der Waals surface area contributed by atoms with Gasteiger partial charge in [0.2, 0.25) is 0 Å². The second-order valence-corrected chi connectivity index (χ2v) is 18.8. The van der Waals surface area contributed by atoms with Crippen molar-refractivity contribution in [2.24, 2.45) is 22.7 Å². The SMILES string of the molecule is C=C1CCC(N2C(=O)c3ccc(N4CCN(CC5CCN(c6ccc(C(=O)CC7C(C)(C)C(Oc8ccc(C#N)c(C)c8)C7(C)C)cc6)CC5)CC4)cc3C2=O)C(=O)C1. The highest BCUT2D eigenvalue weighted by molar-refractivity contribution is 6.23. The molecule has 1 unspecified atom stereocenters. The summed E-state index contributed by atoms with van der Waals surface area (Å²) in [6, 6.07) is 20.9. The number of imide groups is 1. The van der Waals surface area contributed by atoms with Crippen LogP contribution in [-0.2, 0) is 4.79 Å². The van der Waals surface area contributed by atoms with Crippen LogP contribution in [-0.4, -0.2) is 91.1 Å². The van der Waals surface area contributed by atoms with Crippen LogP contribution in [0, 0.1) is 40.9 Å². The van der Waals surface area contributed by atoms with Crippen LogP contribution in [0.5, 0.6) is 5.75 Å². The zero-order chi connectivity index (χ0) is 41.8. The number of hydrogen-bond acceptors (Lipinski definition) is 9. The lowest BCUT2D eigenvalue weighted by Crippen LogP contribution is -2.66. The molecule has 10 heteroatoms. The minimum atomic E-state index is -0.699. The summed E-state index contributed by atoms with van der Waals surface area (Å²) < 4.78 is 6.51. The highest BCUT2D eigenvalue weighted by Gasteiger charge is 2.63. The molecule has 3 aromatic carbocycles. The van der Waals surface area contributed by atoms with E-state index in [1.807, 2.05) is 49.4 Å². The number of piperidine rings is 1. The second-order valence-electron chi connectivity index (χ2n) is 18.8. The van der Waals surface area contributed by atoms with Crippen LogP contribution < -0.4 is 14.5 Å². The summed E-state index contributed by atoms with van der Waals surface area (Å²) in [4.78, 5) is 61.5. The maximum absolute atomic E-state index is 13.6. The average Bonchev–Trinajstić information content (AvgIpc) is 3.47. The first-order valence-corrected chi connectivity index (χ1v) is 21.4. The molecule has 3 aliphatic heterocycles. The third kappa shape index (κ3) is 7.59. The lowest BCUT2D eigenvalue weighted by Gasteiger charge is -2.63. The Hall–Kier alpha value is -5.27. The molecule has 308 valence electrons. The molecule has 10 nitrogen and oxygen atoms in total. The van der Waals surface area contributed by atoms with E-state index in [-0.39, 0.29) is 52.7 Å². The Kier molecular flexibility index (Phi) is 10.8. The van der Waals surface area contributed by atoms with Gasteiger partial charge in [-0.2, -0.15) is 5.26 Å². The number of piperazine rings is 1. The van der Waals surface area contributed by atoms with Crippen molar-refractivity contribution in [2.45, 2.75) is 85.3 Å². The van der Waals surface area contributed by atoms with Crippen molar-refractivity contribution in [1.29, 1.82) is 5.26 Å². The molecule has 59 heavy (non-hydrogen) atoms. The van der Waals surface area contributed by atoms with Gasteiger partial charge in [-0.3, -0.25) is 29.0 Å². The average molecular weight is 796 g/mol. The molecule has 2 saturated heterocycles. The number of benzene rings is 3. The molecule has 0 radical (unpaired) electrons. The summed E-state index contributed by atoms with van der Waals surface area (Å²) in [5.74, 6) is 0.889. The lowest BCUT2D eigenvalue weighted by atomic mass is 9.44. The Morgan fingerprint density at radius 2 is 1.46 bits per heavy atom. The smallest absolute Gasteiger partial charge is 0.262 e. The fourth-order valence-corrected chi connectivity index (χ4v) is 11.0. The van der Waals surface area contributed by atoms with Crippen molar-refractivity contribution >= 4 is 34.8 Å². The van der Waals surface area contributed by atoms with E-state index in [2.05, 4.69) is 67.2 Å². The Morgan fingerprint density at radius 1 is 0.814 bits per heavy atom. The summed E-state index contributed by atoms with van der Waals surface area (Å²) >= 11 is 0. The van der Waals surface area contributed by atoms with Gasteiger partial charge in [0.05, 0.1) is 28.8 Å². The number of amides is 2. The molecule has 0 N–H and O–H groups in total. The van der Waals surface area contributed by atoms with E-state index in [0.717, 1.165) is 92.5 Å². The zero-order valence-corrected chi connectivity index (χ0v) is 35.3. The maximum atomic E-state index is 13.6. The van der Waals surface area contributed by atoms with Crippen molar-refractivity contribution in [3.63, 3.8) is 0 Å². The Labute approximate surface area is 348 Å². The third-order valence-electron chi connectivity index (χ3n) is 14.3. The highest BCUT2D eigenvalue weighted by atomic mass is 16.5. The van der Waals surface area contributed by atoms with Crippen LogP contribution >= 0.6 is 0 Å². The number of ether oxygens (including phenoxy) is 1. The molecule has 2 aliphatic carbocycles. The van der Waals surface area contributed by atoms with E-state index < -0.39 is 6.04 Å². The van der Waals surface area contributed by atoms with Crippen molar-refractivity contribution in [3.8, 4) is 11.8 Å². The summed E-state index contributed by atoms with van der Waals surface area (Å²) in [6.45, 7) is 21.2. The van der Waals surface area contributed by atoms with E-state index in [4.69, 9.17) is 4.74 Å². The molecular weight excluding hydrogens is 739 g/mol. The first kappa shape index (κ1) is 40.5. The number of aryl methyl sites for hydroxylation is 1. The minimum Gasteiger partial charge on any atom is -0.489 e. The summed E-state index contributed by atoms with van der Waals surface area (Å²) in [5, 5.41) is 9.31. The number of allylic oxidation sites excluding steroid dienone is 1. The van der Waals surface area contributed by atoms with Gasteiger partial charge in [0, 0.05) is 86.4 Å². The topological polar surface area (TPSA) is 114 Å². The van der Waals surface area contributed by atoms with E-state index in [1.54, 1.807) is 6.07 Å². The number of fused-ring (bicyclic) bond motifs is 1. The standard InChI is InChI=1S/C49H57N5O5/c1-31-7-16-41(43(56)25-31)54-45(57)39-15-13-37(27-40(39)46(54)58)53-23-21-51(22-24-53)30-33-17-19-52(20-18-33)36-11-8-34(9-12-36)42(55)28-44-48(3,4)47(49(44,5)6)59-38-14-10-35(29-50)32(2)26-38/h8-15,26-27,33,41,44,47H,1,7,16-25,28,30H2,2-6H3. The summed E-state index contributed by atoms with van der Waals surface area (Å²) in [5.41, 5.74) is 5.69. The molecule has 2 amide bonds. The number of anilines is 2. The number of ketones is 2. The molecule has 0 bridgehead atoms. The monoisotopic (exact) mass is 795 g/mol. The van der Waals surface area contributed by atoms with Gasteiger partial charge >= 0.3 is 0 Å². The Bertz CT molecular complexity index is 2200. The van der Waals surface area contributed by atoms with Crippen molar-refractivity contribution in [2.75, 3.05) is 55.6 Å². The molecular formula is C49H57N5O5. The fourth-order valence-electron chi connectivity index (χ4n) is 11.0.